The number of nitrogens with one attached hydrogen (secondary N) is 1. The maximum atomic E-state index is 9.18. The summed E-state index contributed by atoms with van der Waals surface area (Å²) >= 11 is 0. The van der Waals surface area contributed by atoms with Gasteiger partial charge in [0.2, 0.25) is 0 Å². The van der Waals surface area contributed by atoms with Crippen LogP contribution >= 0.6 is 0 Å². The highest BCUT2D eigenvalue weighted by molar-refractivity contribution is 4.87. The van der Waals surface area contributed by atoms with E-state index in [2.05, 4.69) is 12.2 Å². The third-order valence-corrected chi connectivity index (χ3v) is 3.72. The van der Waals surface area contributed by atoms with Gasteiger partial charge in [-0.15, -0.1) is 0 Å². The highest BCUT2D eigenvalue weighted by Gasteiger charge is 2.29. The van der Waals surface area contributed by atoms with Crippen molar-refractivity contribution in [1.82, 2.24) is 5.32 Å². The Hall–Kier alpha value is -0.160. The summed E-state index contributed by atoms with van der Waals surface area (Å²) in [5, 5.41) is 30.6. The van der Waals surface area contributed by atoms with Gasteiger partial charge in [-0.05, 0) is 31.2 Å². The largest absolute Gasteiger partial charge is 0.394 e. The van der Waals surface area contributed by atoms with Gasteiger partial charge in [-0.1, -0.05) is 19.8 Å². The maximum absolute atomic E-state index is 9.18. The summed E-state index contributed by atoms with van der Waals surface area (Å²) in [6.07, 6.45) is 4.97. The van der Waals surface area contributed by atoms with Gasteiger partial charge >= 0.3 is 0 Å². The molecule has 96 valence electrons. The predicted octanol–water partition coefficient (Wildman–Crippen LogP) is 0.118. The van der Waals surface area contributed by atoms with E-state index < -0.39 is 5.54 Å². The molecule has 0 amide bonds. The number of aliphatic hydroxyl groups is 3. The first-order valence-electron chi connectivity index (χ1n) is 6.23. The minimum atomic E-state index is -0.916. The molecule has 1 saturated carbocycles. The molecule has 4 N–H and O–H groups in total. The Kier molecular flexibility index (Phi) is 5.69. The number of rotatable bonds is 6. The van der Waals surface area contributed by atoms with Gasteiger partial charge in [0.15, 0.2) is 0 Å². The predicted molar refractivity (Wildman–Crippen MR) is 63.1 cm³/mol. The van der Waals surface area contributed by atoms with Crippen molar-refractivity contribution in [2.45, 2.75) is 38.1 Å². The van der Waals surface area contributed by atoms with Gasteiger partial charge in [-0.25, -0.2) is 0 Å². The molecule has 1 aliphatic carbocycles. The summed E-state index contributed by atoms with van der Waals surface area (Å²) in [5.41, 5.74) is -0.916. The van der Waals surface area contributed by atoms with Gasteiger partial charge < -0.3 is 20.6 Å². The second-order valence-corrected chi connectivity index (χ2v) is 5.27. The van der Waals surface area contributed by atoms with Crippen LogP contribution in [-0.4, -0.2) is 47.2 Å². The zero-order valence-electron chi connectivity index (χ0n) is 10.2. The van der Waals surface area contributed by atoms with Gasteiger partial charge in [0.1, 0.15) is 0 Å². The zero-order chi connectivity index (χ0) is 12.0. The molecule has 16 heavy (non-hydrogen) atoms. The lowest BCUT2D eigenvalue weighted by atomic mass is 9.82. The molecule has 1 aliphatic rings. The third-order valence-electron chi connectivity index (χ3n) is 3.72. The number of hydrogen-bond acceptors (Lipinski definition) is 4. The molecule has 0 aromatic carbocycles. The summed E-state index contributed by atoms with van der Waals surface area (Å²) in [6, 6.07) is 0. The molecule has 0 radical (unpaired) electrons. The van der Waals surface area contributed by atoms with E-state index in [1.165, 1.54) is 25.7 Å². The van der Waals surface area contributed by atoms with Crippen LogP contribution in [0.1, 0.15) is 32.6 Å². The van der Waals surface area contributed by atoms with Gasteiger partial charge in [0.05, 0.1) is 25.4 Å². The summed E-state index contributed by atoms with van der Waals surface area (Å²) in [4.78, 5) is 0. The van der Waals surface area contributed by atoms with Gasteiger partial charge in [0.25, 0.3) is 0 Å². The van der Waals surface area contributed by atoms with Crippen molar-refractivity contribution in [2.24, 2.45) is 11.8 Å². The molecule has 0 spiro atoms. The second-order valence-electron chi connectivity index (χ2n) is 5.27. The topological polar surface area (TPSA) is 72.7 Å². The molecule has 0 heterocycles. The fourth-order valence-electron chi connectivity index (χ4n) is 2.42. The first-order chi connectivity index (χ1) is 7.65. The Balaban J connectivity index is 2.36. The van der Waals surface area contributed by atoms with Crippen molar-refractivity contribution in [3.63, 3.8) is 0 Å². The average molecular weight is 231 g/mol. The van der Waals surface area contributed by atoms with Crippen molar-refractivity contribution < 1.29 is 15.3 Å². The zero-order valence-corrected chi connectivity index (χ0v) is 10.2. The Morgan fingerprint density at radius 1 is 1.12 bits per heavy atom. The summed E-state index contributed by atoms with van der Waals surface area (Å²) in [6.45, 7) is 2.34. The molecule has 2 unspecified atom stereocenters. The molecule has 4 heteroatoms. The minimum absolute atomic E-state index is 0.234. The van der Waals surface area contributed by atoms with Crippen LogP contribution in [-0.2, 0) is 0 Å². The van der Waals surface area contributed by atoms with Crippen LogP contribution in [0.5, 0.6) is 0 Å². The molecule has 0 aromatic rings. The van der Waals surface area contributed by atoms with E-state index in [9.17, 15) is 15.3 Å². The Morgan fingerprint density at radius 3 is 2.25 bits per heavy atom. The van der Waals surface area contributed by atoms with Crippen molar-refractivity contribution >= 4 is 0 Å². The van der Waals surface area contributed by atoms with Gasteiger partial charge in [-0.2, -0.15) is 0 Å². The molecule has 0 saturated heterocycles. The first-order valence-corrected chi connectivity index (χ1v) is 6.23. The van der Waals surface area contributed by atoms with Crippen LogP contribution in [0.3, 0.4) is 0 Å². The number of hydrogen-bond donors (Lipinski definition) is 4. The van der Waals surface area contributed by atoms with Crippen molar-refractivity contribution in [2.75, 3.05) is 26.4 Å². The van der Waals surface area contributed by atoms with Crippen LogP contribution in [0.2, 0.25) is 0 Å². The average Bonchev–Trinajstić information content (AvgIpc) is 2.32. The number of aliphatic hydroxyl groups excluding tert-OH is 3. The first kappa shape index (κ1) is 13.9. The normalized spacial score (nSPS) is 27.0. The van der Waals surface area contributed by atoms with E-state index in [1.807, 2.05) is 0 Å². The monoisotopic (exact) mass is 231 g/mol. The highest BCUT2D eigenvalue weighted by atomic mass is 16.3. The Bertz CT molecular complexity index is 186. The summed E-state index contributed by atoms with van der Waals surface area (Å²) < 4.78 is 0. The molecule has 2 atom stereocenters. The smallest absolute Gasteiger partial charge is 0.0881 e. The molecule has 1 fully saturated rings. The quantitative estimate of drug-likeness (QED) is 0.524. The van der Waals surface area contributed by atoms with Gasteiger partial charge in [-0.3, -0.25) is 0 Å². The Labute approximate surface area is 97.7 Å². The van der Waals surface area contributed by atoms with Crippen molar-refractivity contribution in [1.29, 1.82) is 0 Å². The van der Waals surface area contributed by atoms with Crippen LogP contribution in [0, 0.1) is 11.8 Å². The van der Waals surface area contributed by atoms with E-state index >= 15 is 0 Å². The SMILES string of the molecule is CC1CCCC(CNC(CO)(CO)CO)C1. The molecular formula is C12H25NO3. The van der Waals surface area contributed by atoms with Crippen LogP contribution in [0.15, 0.2) is 0 Å². The van der Waals surface area contributed by atoms with E-state index in [0.29, 0.717) is 5.92 Å². The van der Waals surface area contributed by atoms with Crippen LogP contribution < -0.4 is 5.32 Å². The minimum Gasteiger partial charge on any atom is -0.394 e. The third kappa shape index (κ3) is 3.70. The summed E-state index contributed by atoms with van der Waals surface area (Å²) in [7, 11) is 0. The molecule has 1 rings (SSSR count). The molecule has 0 bridgehead atoms. The molecule has 4 nitrogen and oxygen atoms in total. The second kappa shape index (κ2) is 6.55. The fraction of sp³-hybridized carbons (Fsp3) is 1.00. The van der Waals surface area contributed by atoms with Gasteiger partial charge in [0, 0.05) is 0 Å². The van der Waals surface area contributed by atoms with E-state index in [0.717, 1.165) is 12.5 Å². The molecule has 0 aliphatic heterocycles. The van der Waals surface area contributed by atoms with E-state index in [1.54, 1.807) is 0 Å². The lowest BCUT2D eigenvalue weighted by molar-refractivity contribution is 0.0378. The molecular weight excluding hydrogens is 206 g/mol. The van der Waals surface area contributed by atoms with Crippen molar-refractivity contribution in [3.05, 3.63) is 0 Å². The van der Waals surface area contributed by atoms with E-state index in [-0.39, 0.29) is 19.8 Å². The lowest BCUT2D eigenvalue weighted by Crippen LogP contribution is -2.56. The lowest BCUT2D eigenvalue weighted by Gasteiger charge is -2.33. The van der Waals surface area contributed by atoms with Crippen LogP contribution in [0.25, 0.3) is 0 Å². The fourth-order valence-corrected chi connectivity index (χ4v) is 2.42. The van der Waals surface area contributed by atoms with E-state index in [4.69, 9.17) is 0 Å². The van der Waals surface area contributed by atoms with Crippen LogP contribution in [0.4, 0.5) is 0 Å². The summed E-state index contributed by atoms with van der Waals surface area (Å²) in [5.74, 6) is 1.38. The van der Waals surface area contributed by atoms with Crippen molar-refractivity contribution in [3.8, 4) is 0 Å². The maximum Gasteiger partial charge on any atom is 0.0881 e. The Morgan fingerprint density at radius 2 is 1.75 bits per heavy atom. The molecule has 0 aromatic heterocycles. The highest BCUT2D eigenvalue weighted by Crippen LogP contribution is 2.28. The standard InChI is InChI=1S/C12H25NO3/c1-10-3-2-4-11(5-10)6-13-12(7-14,8-15)9-16/h10-11,13-16H,2-9H2,1H3.